The zero-order valence-corrected chi connectivity index (χ0v) is 21.2. The molecule has 2 aliphatic rings. The molecule has 0 atom stereocenters. The normalized spacial score (nSPS) is 17.1. The second kappa shape index (κ2) is 10.6. The molecule has 0 saturated carbocycles. The zero-order chi connectivity index (χ0) is 25.8. The van der Waals surface area contributed by atoms with Crippen molar-refractivity contribution < 1.29 is 14.3 Å². The molecule has 1 aromatic heterocycles. The molecule has 3 heterocycles. The number of pyridine rings is 1. The number of carbonyl (C=O) groups is 2. The molecule has 0 radical (unpaired) electrons. The number of nitrogens with one attached hydrogen (secondary N) is 1. The summed E-state index contributed by atoms with van der Waals surface area (Å²) < 4.78 is 7.76. The molecular weight excluding hydrogens is 466 g/mol. The van der Waals surface area contributed by atoms with E-state index in [0.29, 0.717) is 45.4 Å². The van der Waals surface area contributed by atoms with E-state index in [1.54, 1.807) is 10.6 Å². The Hall–Kier alpha value is -3.87. The van der Waals surface area contributed by atoms with Crippen molar-refractivity contribution in [3.05, 3.63) is 93.9 Å². The van der Waals surface area contributed by atoms with Gasteiger partial charge in [-0.1, -0.05) is 30.3 Å². The van der Waals surface area contributed by atoms with Gasteiger partial charge in [-0.3, -0.25) is 14.4 Å². The summed E-state index contributed by atoms with van der Waals surface area (Å²) in [5.74, 6) is 1.61. The van der Waals surface area contributed by atoms with E-state index in [2.05, 4.69) is 5.32 Å². The molecule has 37 heavy (non-hydrogen) atoms. The number of amides is 2. The van der Waals surface area contributed by atoms with Crippen LogP contribution in [0.5, 0.6) is 11.5 Å². The number of ether oxygens (including phenoxy) is 1. The average Bonchev–Trinajstić information content (AvgIpc) is 2.89. The van der Waals surface area contributed by atoms with E-state index < -0.39 is 5.41 Å². The summed E-state index contributed by atoms with van der Waals surface area (Å²) in [7, 11) is 0. The first-order valence-electron chi connectivity index (χ1n) is 13.0. The van der Waals surface area contributed by atoms with Gasteiger partial charge in [0.15, 0.2) is 0 Å². The number of rotatable bonds is 3. The van der Waals surface area contributed by atoms with Gasteiger partial charge in [-0.05, 0) is 74.1 Å². The summed E-state index contributed by atoms with van der Waals surface area (Å²) in [4.78, 5) is 40.6. The molecule has 4 bridgehead atoms. The molecule has 5 rings (SSSR count). The fraction of sp³-hybridized carbons (Fsp3) is 0.367. The highest BCUT2D eigenvalue weighted by molar-refractivity contribution is 5.84. The lowest BCUT2D eigenvalue weighted by molar-refractivity contribution is -0.140. The third-order valence-corrected chi connectivity index (χ3v) is 7.65. The van der Waals surface area contributed by atoms with Crippen molar-refractivity contribution in [1.82, 2.24) is 14.8 Å². The summed E-state index contributed by atoms with van der Waals surface area (Å²) >= 11 is 0. The number of carbonyl (C=O) groups excluding carboxylic acids is 2. The third kappa shape index (κ3) is 5.61. The average molecular weight is 500 g/mol. The minimum atomic E-state index is -0.588. The molecule has 7 heteroatoms. The highest BCUT2D eigenvalue weighted by Gasteiger charge is 2.42. The maximum absolute atomic E-state index is 13.6. The lowest BCUT2D eigenvalue weighted by Crippen LogP contribution is -2.51. The SMILES string of the molecule is Cc1cccc(=O)n1CCC(=O)N1CCC2(CC1)Cc1cccc(c1)Oc1cccc(c1)CCNC2=O. The standard InChI is InChI=1S/C30H33N3O4/c1-22-5-2-10-28(35)33(22)16-12-27(34)32-17-13-30(14-18-32)21-24-7-4-9-26(20-24)37-25-8-3-6-23(19-25)11-15-31-29(30)36/h2-10,19-20H,11-18,21H2,1H3,(H,31,36). The fourth-order valence-corrected chi connectivity index (χ4v) is 5.46. The van der Waals surface area contributed by atoms with Crippen molar-refractivity contribution >= 4 is 11.8 Å². The highest BCUT2D eigenvalue weighted by Crippen LogP contribution is 2.37. The van der Waals surface area contributed by atoms with Crippen LogP contribution >= 0.6 is 0 Å². The van der Waals surface area contributed by atoms with Gasteiger partial charge in [0.25, 0.3) is 5.56 Å². The molecule has 3 aromatic rings. The van der Waals surface area contributed by atoms with E-state index in [4.69, 9.17) is 4.74 Å². The van der Waals surface area contributed by atoms with Gasteiger partial charge < -0.3 is 19.5 Å². The Labute approximate surface area is 217 Å². The minimum absolute atomic E-state index is 0.0183. The molecule has 0 aliphatic carbocycles. The molecule has 1 spiro atoms. The van der Waals surface area contributed by atoms with Crippen LogP contribution in [-0.4, -0.2) is 40.9 Å². The van der Waals surface area contributed by atoms with Crippen LogP contribution in [0.25, 0.3) is 0 Å². The van der Waals surface area contributed by atoms with Crippen LogP contribution < -0.4 is 15.6 Å². The number of aryl methyl sites for hydroxylation is 1. The number of fused-ring (bicyclic) bond motifs is 4. The number of likely N-dealkylation sites (tertiary alicyclic amines) is 1. The van der Waals surface area contributed by atoms with E-state index in [9.17, 15) is 14.4 Å². The fourth-order valence-electron chi connectivity index (χ4n) is 5.46. The van der Waals surface area contributed by atoms with Crippen LogP contribution in [-0.2, 0) is 29.0 Å². The van der Waals surface area contributed by atoms with Crippen molar-refractivity contribution in [2.45, 2.75) is 45.6 Å². The quantitative estimate of drug-likeness (QED) is 0.594. The van der Waals surface area contributed by atoms with Crippen molar-refractivity contribution in [2.75, 3.05) is 19.6 Å². The highest BCUT2D eigenvalue weighted by atomic mass is 16.5. The summed E-state index contributed by atoms with van der Waals surface area (Å²) in [6, 6.07) is 21.0. The van der Waals surface area contributed by atoms with Gasteiger partial charge in [0, 0.05) is 44.4 Å². The Morgan fingerprint density at radius 2 is 1.62 bits per heavy atom. The number of benzene rings is 2. The monoisotopic (exact) mass is 499 g/mol. The first-order chi connectivity index (χ1) is 17.9. The molecule has 1 fully saturated rings. The number of piperidine rings is 1. The summed E-state index contributed by atoms with van der Waals surface area (Å²) in [5, 5.41) is 3.18. The molecule has 2 aromatic carbocycles. The van der Waals surface area contributed by atoms with Crippen LogP contribution in [0.1, 0.15) is 36.1 Å². The van der Waals surface area contributed by atoms with Crippen molar-refractivity contribution in [1.29, 1.82) is 0 Å². The van der Waals surface area contributed by atoms with Gasteiger partial charge >= 0.3 is 0 Å². The van der Waals surface area contributed by atoms with Crippen LogP contribution in [0.2, 0.25) is 0 Å². The largest absolute Gasteiger partial charge is 0.457 e. The first kappa shape index (κ1) is 24.8. The lowest BCUT2D eigenvalue weighted by atomic mass is 9.72. The van der Waals surface area contributed by atoms with Crippen LogP contribution in [0.4, 0.5) is 0 Å². The molecule has 2 amide bonds. The van der Waals surface area contributed by atoms with Gasteiger partial charge in [0.1, 0.15) is 11.5 Å². The van der Waals surface area contributed by atoms with Crippen LogP contribution in [0.3, 0.4) is 0 Å². The maximum Gasteiger partial charge on any atom is 0.250 e. The summed E-state index contributed by atoms with van der Waals surface area (Å²) in [6.45, 7) is 3.82. The number of nitrogens with zero attached hydrogens (tertiary/aromatic N) is 2. The Kier molecular flexibility index (Phi) is 7.12. The second-order valence-corrected chi connectivity index (χ2v) is 10.1. The Bertz CT molecular complexity index is 1350. The molecule has 192 valence electrons. The van der Waals surface area contributed by atoms with Gasteiger partial charge in [0.2, 0.25) is 11.8 Å². The molecule has 7 nitrogen and oxygen atoms in total. The molecule has 2 aliphatic heterocycles. The maximum atomic E-state index is 13.6. The van der Waals surface area contributed by atoms with Gasteiger partial charge in [-0.2, -0.15) is 0 Å². The zero-order valence-electron chi connectivity index (χ0n) is 21.2. The van der Waals surface area contributed by atoms with Crippen LogP contribution in [0.15, 0.2) is 71.5 Å². The third-order valence-electron chi connectivity index (χ3n) is 7.65. The Morgan fingerprint density at radius 3 is 2.35 bits per heavy atom. The Balaban J connectivity index is 1.30. The second-order valence-electron chi connectivity index (χ2n) is 10.1. The summed E-state index contributed by atoms with van der Waals surface area (Å²) in [5.41, 5.74) is 2.31. The molecule has 0 unspecified atom stereocenters. The van der Waals surface area contributed by atoms with E-state index in [-0.39, 0.29) is 23.8 Å². The number of hydrogen-bond acceptors (Lipinski definition) is 4. The van der Waals surface area contributed by atoms with Crippen molar-refractivity contribution in [2.24, 2.45) is 5.41 Å². The van der Waals surface area contributed by atoms with Crippen molar-refractivity contribution in [3.8, 4) is 11.5 Å². The minimum Gasteiger partial charge on any atom is -0.457 e. The lowest BCUT2D eigenvalue weighted by Gasteiger charge is -2.41. The molecule has 1 saturated heterocycles. The van der Waals surface area contributed by atoms with E-state index >= 15 is 0 Å². The van der Waals surface area contributed by atoms with E-state index in [1.807, 2.05) is 66.4 Å². The van der Waals surface area contributed by atoms with E-state index in [0.717, 1.165) is 34.7 Å². The van der Waals surface area contributed by atoms with Crippen molar-refractivity contribution in [3.63, 3.8) is 0 Å². The van der Waals surface area contributed by atoms with Gasteiger partial charge in [-0.25, -0.2) is 0 Å². The van der Waals surface area contributed by atoms with Gasteiger partial charge in [0.05, 0.1) is 5.41 Å². The summed E-state index contributed by atoms with van der Waals surface area (Å²) in [6.07, 6.45) is 2.76. The van der Waals surface area contributed by atoms with Crippen LogP contribution in [0, 0.1) is 12.3 Å². The number of aromatic nitrogens is 1. The molecule has 1 N–H and O–H groups in total. The predicted molar refractivity (Wildman–Crippen MR) is 142 cm³/mol. The smallest absolute Gasteiger partial charge is 0.250 e. The van der Waals surface area contributed by atoms with Gasteiger partial charge in [-0.15, -0.1) is 0 Å². The van der Waals surface area contributed by atoms with E-state index in [1.165, 1.54) is 6.07 Å². The number of hydrogen-bond donors (Lipinski definition) is 1. The Morgan fingerprint density at radius 1 is 0.946 bits per heavy atom. The predicted octanol–water partition coefficient (Wildman–Crippen LogP) is 3.86. The first-order valence-corrected chi connectivity index (χ1v) is 13.0. The topological polar surface area (TPSA) is 80.6 Å². The molecular formula is C30H33N3O4.